The number of rotatable bonds is 6. The molecule has 1 unspecified atom stereocenters. The van der Waals surface area contributed by atoms with E-state index in [0.717, 1.165) is 12.0 Å². The highest BCUT2D eigenvalue weighted by Crippen LogP contribution is 2.43. The number of nitrogens with zero attached hydrogens (tertiary/aromatic N) is 2. The maximum absolute atomic E-state index is 13.2. The van der Waals surface area contributed by atoms with Crippen molar-refractivity contribution in [2.75, 3.05) is 19.1 Å². The lowest BCUT2D eigenvalue weighted by Crippen LogP contribution is -2.29. The second-order valence-electron chi connectivity index (χ2n) is 7.51. The second-order valence-corrected chi connectivity index (χ2v) is 7.51. The smallest absolute Gasteiger partial charge is 0.300 e. The minimum atomic E-state index is -0.898. The second kappa shape index (κ2) is 9.16. The van der Waals surface area contributed by atoms with Crippen molar-refractivity contribution in [3.63, 3.8) is 0 Å². The molecule has 0 bridgehead atoms. The fourth-order valence-electron chi connectivity index (χ4n) is 3.95. The molecule has 2 aromatic carbocycles. The van der Waals surface area contributed by atoms with Gasteiger partial charge >= 0.3 is 0 Å². The van der Waals surface area contributed by atoms with Crippen LogP contribution < -0.4 is 14.4 Å². The van der Waals surface area contributed by atoms with Crippen LogP contribution in [0.4, 0.5) is 5.69 Å². The van der Waals surface area contributed by atoms with E-state index in [1.807, 2.05) is 19.1 Å². The summed E-state index contributed by atoms with van der Waals surface area (Å²) >= 11 is 0. The summed E-state index contributed by atoms with van der Waals surface area (Å²) in [5.74, 6) is -1.02. The standard InChI is InChI=1S/C26H24N2O5/c1-4-16-8-10-17(11-9-16)28-23(20-7-5-6-14-27-20)22(25(30)26(28)31)24(29)19-13-12-18(32-2)15-21(19)33-3/h5-15,23,29H,4H2,1-3H3/b24-22-. The molecule has 1 fully saturated rings. The number of Topliss-reactive ketones (excluding diaryl/α,β-unsaturated/α-hetero) is 1. The molecule has 0 saturated carbocycles. The van der Waals surface area contributed by atoms with Gasteiger partial charge in [-0.2, -0.15) is 0 Å². The lowest BCUT2D eigenvalue weighted by atomic mass is 9.97. The van der Waals surface area contributed by atoms with Gasteiger partial charge in [-0.1, -0.05) is 25.1 Å². The van der Waals surface area contributed by atoms with E-state index < -0.39 is 17.7 Å². The first-order valence-electron chi connectivity index (χ1n) is 10.5. The van der Waals surface area contributed by atoms with Crippen molar-refractivity contribution in [3.05, 3.63) is 89.3 Å². The number of aliphatic hydroxyl groups is 1. The SMILES string of the molecule is CCc1ccc(N2C(=O)C(=O)/C(=C(\O)c3ccc(OC)cc3OC)C2c2ccccn2)cc1. The molecule has 7 nitrogen and oxygen atoms in total. The molecule has 0 radical (unpaired) electrons. The Morgan fingerprint density at radius 3 is 2.39 bits per heavy atom. The molecule has 1 saturated heterocycles. The number of amides is 1. The molecule has 1 N–H and O–H groups in total. The Bertz CT molecular complexity index is 1220. The number of aromatic nitrogens is 1. The van der Waals surface area contributed by atoms with Gasteiger partial charge in [0.25, 0.3) is 11.7 Å². The van der Waals surface area contributed by atoms with Gasteiger partial charge in [-0.25, -0.2) is 0 Å². The maximum Gasteiger partial charge on any atom is 0.300 e. The van der Waals surface area contributed by atoms with E-state index in [4.69, 9.17) is 9.47 Å². The zero-order valence-corrected chi connectivity index (χ0v) is 18.6. The summed E-state index contributed by atoms with van der Waals surface area (Å²) in [5, 5.41) is 11.3. The highest BCUT2D eigenvalue weighted by Gasteiger charge is 2.47. The van der Waals surface area contributed by atoms with Gasteiger partial charge in [0.2, 0.25) is 0 Å². The molecular formula is C26H24N2O5. The Balaban J connectivity index is 1.93. The largest absolute Gasteiger partial charge is 0.507 e. The summed E-state index contributed by atoms with van der Waals surface area (Å²) in [6.45, 7) is 2.04. The van der Waals surface area contributed by atoms with Crippen molar-refractivity contribution in [2.24, 2.45) is 0 Å². The molecule has 1 aliphatic heterocycles. The van der Waals surface area contributed by atoms with E-state index >= 15 is 0 Å². The van der Waals surface area contributed by atoms with Gasteiger partial charge in [-0.15, -0.1) is 0 Å². The van der Waals surface area contributed by atoms with E-state index in [9.17, 15) is 14.7 Å². The predicted molar refractivity (Wildman–Crippen MR) is 124 cm³/mol. The van der Waals surface area contributed by atoms with Crippen LogP contribution in [0.3, 0.4) is 0 Å². The van der Waals surface area contributed by atoms with Gasteiger partial charge in [-0.3, -0.25) is 19.5 Å². The number of benzene rings is 2. The summed E-state index contributed by atoms with van der Waals surface area (Å²) in [4.78, 5) is 32.2. The zero-order chi connectivity index (χ0) is 23.5. The lowest BCUT2D eigenvalue weighted by molar-refractivity contribution is -0.132. The Hall–Kier alpha value is -4.13. The molecule has 1 aromatic heterocycles. The topological polar surface area (TPSA) is 89.0 Å². The van der Waals surface area contributed by atoms with Crippen LogP contribution in [-0.4, -0.2) is 36.0 Å². The van der Waals surface area contributed by atoms with Crippen LogP contribution in [0.2, 0.25) is 0 Å². The minimum absolute atomic E-state index is 0.0539. The van der Waals surface area contributed by atoms with E-state index in [-0.39, 0.29) is 16.9 Å². The monoisotopic (exact) mass is 444 g/mol. The fraction of sp³-hybridized carbons (Fsp3) is 0.192. The summed E-state index contributed by atoms with van der Waals surface area (Å²) < 4.78 is 10.6. The Labute approximate surface area is 191 Å². The molecule has 2 heterocycles. The molecule has 1 atom stereocenters. The van der Waals surface area contributed by atoms with Crippen LogP contribution in [0.15, 0.2) is 72.4 Å². The quantitative estimate of drug-likeness (QED) is 0.347. The van der Waals surface area contributed by atoms with Crippen molar-refractivity contribution in [1.29, 1.82) is 0 Å². The first-order chi connectivity index (χ1) is 16.0. The minimum Gasteiger partial charge on any atom is -0.507 e. The van der Waals surface area contributed by atoms with Crippen LogP contribution in [0, 0.1) is 0 Å². The van der Waals surface area contributed by atoms with Gasteiger partial charge in [0.1, 0.15) is 23.3 Å². The molecule has 4 rings (SSSR count). The maximum atomic E-state index is 13.2. The summed E-state index contributed by atoms with van der Waals surface area (Å²) in [6, 6.07) is 16.6. The van der Waals surface area contributed by atoms with Gasteiger partial charge in [0, 0.05) is 18.0 Å². The number of aryl methyl sites for hydroxylation is 1. The number of carbonyl (C=O) groups is 2. The normalized spacial score (nSPS) is 17.3. The number of carbonyl (C=O) groups excluding carboxylic acids is 2. The van der Waals surface area contributed by atoms with Crippen LogP contribution in [0.1, 0.15) is 29.8 Å². The average Bonchev–Trinajstić information content (AvgIpc) is 3.14. The van der Waals surface area contributed by atoms with Crippen LogP contribution >= 0.6 is 0 Å². The summed E-state index contributed by atoms with van der Waals surface area (Å²) in [5.41, 5.74) is 2.34. The molecule has 7 heteroatoms. The molecule has 0 spiro atoms. The van der Waals surface area contributed by atoms with E-state index in [1.165, 1.54) is 19.1 Å². The first-order valence-corrected chi connectivity index (χ1v) is 10.5. The molecular weight excluding hydrogens is 420 g/mol. The van der Waals surface area contributed by atoms with Gasteiger partial charge in [0.05, 0.1) is 31.1 Å². The summed E-state index contributed by atoms with van der Waals surface area (Å²) in [6.07, 6.45) is 2.43. The Morgan fingerprint density at radius 1 is 1.03 bits per heavy atom. The van der Waals surface area contributed by atoms with Crippen molar-refractivity contribution in [3.8, 4) is 11.5 Å². The van der Waals surface area contributed by atoms with Crippen molar-refractivity contribution >= 4 is 23.1 Å². The van der Waals surface area contributed by atoms with E-state index in [1.54, 1.807) is 54.7 Å². The first kappa shape index (κ1) is 22.1. The molecule has 33 heavy (non-hydrogen) atoms. The Morgan fingerprint density at radius 2 is 1.79 bits per heavy atom. The predicted octanol–water partition coefficient (Wildman–Crippen LogP) is 4.29. The van der Waals surface area contributed by atoms with Crippen LogP contribution in [-0.2, 0) is 16.0 Å². The van der Waals surface area contributed by atoms with Crippen LogP contribution in [0.5, 0.6) is 11.5 Å². The van der Waals surface area contributed by atoms with Gasteiger partial charge in [-0.05, 0) is 48.4 Å². The molecule has 0 aliphatic carbocycles. The average molecular weight is 444 g/mol. The van der Waals surface area contributed by atoms with Gasteiger partial charge < -0.3 is 14.6 Å². The van der Waals surface area contributed by atoms with E-state index in [0.29, 0.717) is 22.9 Å². The number of pyridine rings is 1. The number of aliphatic hydroxyl groups excluding tert-OH is 1. The number of hydrogen-bond donors (Lipinski definition) is 1. The highest BCUT2D eigenvalue weighted by molar-refractivity contribution is 6.51. The number of ether oxygens (including phenoxy) is 2. The fourth-order valence-corrected chi connectivity index (χ4v) is 3.95. The Kier molecular flexibility index (Phi) is 6.13. The van der Waals surface area contributed by atoms with Crippen molar-refractivity contribution < 1.29 is 24.2 Å². The number of methoxy groups -OCH3 is 2. The highest BCUT2D eigenvalue weighted by atomic mass is 16.5. The molecule has 3 aromatic rings. The zero-order valence-electron chi connectivity index (χ0n) is 18.6. The van der Waals surface area contributed by atoms with Gasteiger partial charge in [0.15, 0.2) is 0 Å². The molecule has 1 amide bonds. The third kappa shape index (κ3) is 3.93. The number of hydrogen-bond acceptors (Lipinski definition) is 6. The van der Waals surface area contributed by atoms with Crippen molar-refractivity contribution in [2.45, 2.75) is 19.4 Å². The summed E-state index contributed by atoms with van der Waals surface area (Å²) in [7, 11) is 2.97. The molecule has 168 valence electrons. The number of ketones is 1. The third-order valence-electron chi connectivity index (χ3n) is 5.70. The molecule has 1 aliphatic rings. The number of anilines is 1. The van der Waals surface area contributed by atoms with Crippen molar-refractivity contribution in [1.82, 2.24) is 4.98 Å². The van der Waals surface area contributed by atoms with Crippen LogP contribution in [0.25, 0.3) is 5.76 Å². The van der Waals surface area contributed by atoms with E-state index in [2.05, 4.69) is 4.98 Å². The lowest BCUT2D eigenvalue weighted by Gasteiger charge is -2.25. The third-order valence-corrected chi connectivity index (χ3v) is 5.70.